The number of hydrogen-bond donors (Lipinski definition) is 2. The summed E-state index contributed by atoms with van der Waals surface area (Å²) in [4.78, 5) is 37.3. The first kappa shape index (κ1) is 17.5. The van der Waals surface area contributed by atoms with Gasteiger partial charge in [-0.15, -0.1) is 0 Å². The monoisotopic (exact) mass is 349 g/mol. The predicted molar refractivity (Wildman–Crippen MR) is 87.4 cm³/mol. The van der Waals surface area contributed by atoms with Crippen LogP contribution in [0.15, 0.2) is 22.8 Å². The Labute approximate surface area is 145 Å². The smallest absolute Gasteiger partial charge is 0.325 e. The van der Waals surface area contributed by atoms with Crippen LogP contribution in [0.2, 0.25) is 0 Å². The summed E-state index contributed by atoms with van der Waals surface area (Å²) in [5, 5.41) is 5.53. The maximum Gasteiger partial charge on any atom is 0.325 e. The van der Waals surface area contributed by atoms with Crippen molar-refractivity contribution in [2.24, 2.45) is 5.92 Å². The summed E-state index contributed by atoms with van der Waals surface area (Å²) < 4.78 is 10.5. The van der Waals surface area contributed by atoms with Gasteiger partial charge in [0.2, 0.25) is 5.91 Å². The fourth-order valence-corrected chi connectivity index (χ4v) is 3.05. The lowest BCUT2D eigenvalue weighted by atomic mass is 10.0. The van der Waals surface area contributed by atoms with Crippen molar-refractivity contribution in [1.82, 2.24) is 15.5 Å². The zero-order valence-electron chi connectivity index (χ0n) is 14.0. The molecule has 8 nitrogen and oxygen atoms in total. The number of nitrogens with zero attached hydrogens (tertiary/aromatic N) is 1. The highest BCUT2D eigenvalue weighted by molar-refractivity contribution is 6.04. The number of hydrogen-bond acceptors (Lipinski definition) is 5. The summed E-state index contributed by atoms with van der Waals surface area (Å²) >= 11 is 0. The number of furan rings is 1. The predicted octanol–water partition coefficient (Wildman–Crippen LogP) is 1.02. The van der Waals surface area contributed by atoms with E-state index in [2.05, 4.69) is 10.6 Å². The largest absolute Gasteiger partial charge is 0.467 e. The molecular weight excluding hydrogens is 326 g/mol. The number of nitrogens with one attached hydrogen (secondary N) is 2. The van der Waals surface area contributed by atoms with Crippen LogP contribution in [-0.2, 0) is 20.9 Å². The molecule has 3 heterocycles. The van der Waals surface area contributed by atoms with E-state index in [0.29, 0.717) is 24.6 Å². The molecule has 8 heteroatoms. The average Bonchev–Trinajstić information content (AvgIpc) is 3.23. The summed E-state index contributed by atoms with van der Waals surface area (Å²) in [6.45, 7) is 2.23. The minimum Gasteiger partial charge on any atom is -0.467 e. The number of urea groups is 1. The van der Waals surface area contributed by atoms with Gasteiger partial charge in [-0.25, -0.2) is 4.79 Å². The minimum absolute atomic E-state index is 0.0991. The molecule has 2 aliphatic heterocycles. The summed E-state index contributed by atoms with van der Waals surface area (Å²) in [6.07, 6.45) is 3.90. The molecule has 25 heavy (non-hydrogen) atoms. The third kappa shape index (κ3) is 4.60. The van der Waals surface area contributed by atoms with Crippen LogP contribution in [0.25, 0.3) is 0 Å². The molecule has 2 aliphatic rings. The van der Waals surface area contributed by atoms with Gasteiger partial charge in [-0.1, -0.05) is 0 Å². The van der Waals surface area contributed by atoms with Crippen LogP contribution < -0.4 is 10.6 Å². The molecule has 0 aromatic carbocycles. The second kappa shape index (κ2) is 8.15. The molecule has 3 rings (SSSR count). The standard InChI is InChI=1S/C17H23N3O5/c21-15(18-10-12-5-8-24-9-6-12)4-3-14-16(22)20(17(23)19-14)11-13-2-1-7-25-13/h1-2,7,12,14H,3-6,8-11H2,(H,18,21)(H,19,23)/t14-/m0/s1. The topological polar surface area (TPSA) is 101 Å². The van der Waals surface area contributed by atoms with E-state index in [1.54, 1.807) is 12.1 Å². The highest BCUT2D eigenvalue weighted by Crippen LogP contribution is 2.16. The van der Waals surface area contributed by atoms with Crippen LogP contribution in [0.1, 0.15) is 31.4 Å². The van der Waals surface area contributed by atoms with Gasteiger partial charge in [-0.2, -0.15) is 0 Å². The van der Waals surface area contributed by atoms with Crippen molar-refractivity contribution in [1.29, 1.82) is 0 Å². The van der Waals surface area contributed by atoms with Gasteiger partial charge in [0.25, 0.3) is 5.91 Å². The van der Waals surface area contributed by atoms with Gasteiger partial charge >= 0.3 is 6.03 Å². The molecule has 0 radical (unpaired) electrons. The molecule has 2 N–H and O–H groups in total. The quantitative estimate of drug-likeness (QED) is 0.716. The second-order valence-corrected chi connectivity index (χ2v) is 6.40. The minimum atomic E-state index is -0.656. The van der Waals surface area contributed by atoms with E-state index in [4.69, 9.17) is 9.15 Å². The van der Waals surface area contributed by atoms with Crippen molar-refractivity contribution >= 4 is 17.8 Å². The molecule has 136 valence electrons. The van der Waals surface area contributed by atoms with Gasteiger partial charge in [-0.05, 0) is 37.3 Å². The van der Waals surface area contributed by atoms with Crippen molar-refractivity contribution < 1.29 is 23.5 Å². The lowest BCUT2D eigenvalue weighted by Gasteiger charge is -2.22. The van der Waals surface area contributed by atoms with Crippen molar-refractivity contribution in [3.05, 3.63) is 24.2 Å². The lowest BCUT2D eigenvalue weighted by Crippen LogP contribution is -2.35. The van der Waals surface area contributed by atoms with Gasteiger partial charge in [0.05, 0.1) is 12.8 Å². The van der Waals surface area contributed by atoms with Crippen molar-refractivity contribution in [3.63, 3.8) is 0 Å². The van der Waals surface area contributed by atoms with Crippen LogP contribution in [0.5, 0.6) is 0 Å². The summed E-state index contributed by atoms with van der Waals surface area (Å²) in [6, 6.07) is 2.30. The molecule has 2 fully saturated rings. The summed E-state index contributed by atoms with van der Waals surface area (Å²) in [5.41, 5.74) is 0. The highest BCUT2D eigenvalue weighted by Gasteiger charge is 2.38. The number of amides is 4. The zero-order chi connectivity index (χ0) is 17.6. The molecule has 1 aromatic rings. The van der Waals surface area contributed by atoms with E-state index in [0.717, 1.165) is 31.0 Å². The average molecular weight is 349 g/mol. The number of carbonyl (C=O) groups excluding carboxylic acids is 3. The van der Waals surface area contributed by atoms with Crippen LogP contribution in [-0.4, -0.2) is 48.5 Å². The van der Waals surface area contributed by atoms with Gasteiger partial charge < -0.3 is 19.8 Å². The van der Waals surface area contributed by atoms with Gasteiger partial charge in [-0.3, -0.25) is 14.5 Å². The van der Waals surface area contributed by atoms with Crippen molar-refractivity contribution in [2.45, 2.75) is 38.3 Å². The molecule has 0 spiro atoms. The first-order valence-corrected chi connectivity index (χ1v) is 8.62. The first-order chi connectivity index (χ1) is 12.1. The van der Waals surface area contributed by atoms with E-state index in [1.807, 2.05) is 0 Å². The van der Waals surface area contributed by atoms with Gasteiger partial charge in [0, 0.05) is 26.2 Å². The Hall–Kier alpha value is -2.35. The Bertz CT molecular complexity index is 610. The molecule has 4 amide bonds. The molecule has 2 saturated heterocycles. The third-order valence-corrected chi connectivity index (χ3v) is 4.59. The Morgan fingerprint density at radius 1 is 1.32 bits per heavy atom. The van der Waals surface area contributed by atoms with E-state index in [1.165, 1.54) is 6.26 Å². The van der Waals surface area contributed by atoms with Crippen molar-refractivity contribution in [3.8, 4) is 0 Å². The summed E-state index contributed by atoms with van der Waals surface area (Å²) in [7, 11) is 0. The van der Waals surface area contributed by atoms with E-state index >= 15 is 0 Å². The summed E-state index contributed by atoms with van der Waals surface area (Å²) in [5.74, 6) is 0.573. The van der Waals surface area contributed by atoms with Gasteiger partial charge in [0.15, 0.2) is 0 Å². The van der Waals surface area contributed by atoms with Gasteiger partial charge in [0.1, 0.15) is 11.8 Å². The number of ether oxygens (including phenoxy) is 1. The molecule has 1 aromatic heterocycles. The first-order valence-electron chi connectivity index (χ1n) is 8.62. The van der Waals surface area contributed by atoms with Crippen LogP contribution in [0.4, 0.5) is 4.79 Å². The normalized spacial score (nSPS) is 21.4. The Kier molecular flexibility index (Phi) is 5.70. The van der Waals surface area contributed by atoms with E-state index in [9.17, 15) is 14.4 Å². The molecular formula is C17H23N3O5. The number of imide groups is 1. The van der Waals surface area contributed by atoms with Crippen LogP contribution in [0, 0.1) is 5.92 Å². The van der Waals surface area contributed by atoms with Crippen molar-refractivity contribution in [2.75, 3.05) is 19.8 Å². The second-order valence-electron chi connectivity index (χ2n) is 6.40. The maximum absolute atomic E-state index is 12.3. The highest BCUT2D eigenvalue weighted by atomic mass is 16.5. The van der Waals surface area contributed by atoms with E-state index in [-0.39, 0.29) is 24.8 Å². The fourth-order valence-electron chi connectivity index (χ4n) is 3.05. The van der Waals surface area contributed by atoms with Crippen LogP contribution in [0.3, 0.4) is 0 Å². The SMILES string of the molecule is O=C(CC[C@@H]1NC(=O)N(Cc2ccco2)C1=O)NCC1CCOCC1. The Balaban J connectivity index is 1.41. The number of rotatable bonds is 7. The van der Waals surface area contributed by atoms with Crippen LogP contribution >= 0.6 is 0 Å². The third-order valence-electron chi connectivity index (χ3n) is 4.59. The Morgan fingerprint density at radius 2 is 2.12 bits per heavy atom. The van der Waals surface area contributed by atoms with E-state index < -0.39 is 12.1 Å². The molecule has 0 saturated carbocycles. The zero-order valence-corrected chi connectivity index (χ0v) is 14.0. The lowest BCUT2D eigenvalue weighted by molar-refractivity contribution is -0.128. The molecule has 0 unspecified atom stereocenters. The molecule has 0 bridgehead atoms. The fraction of sp³-hybridized carbons (Fsp3) is 0.588. The number of carbonyl (C=O) groups is 3. The molecule has 1 atom stereocenters. The maximum atomic E-state index is 12.3. The molecule has 0 aliphatic carbocycles. The Morgan fingerprint density at radius 3 is 2.84 bits per heavy atom.